The molecule has 0 bridgehead atoms. The van der Waals surface area contributed by atoms with Gasteiger partial charge < -0.3 is 15.4 Å². The minimum atomic E-state index is 0.0116. The number of carbonyl (C=O) groups excluding carboxylic acids is 1. The van der Waals surface area contributed by atoms with Gasteiger partial charge in [-0.05, 0) is 18.1 Å². The van der Waals surface area contributed by atoms with E-state index in [0.29, 0.717) is 19.1 Å². The molecule has 0 radical (unpaired) electrons. The Labute approximate surface area is 126 Å². The van der Waals surface area contributed by atoms with Crippen molar-refractivity contribution in [2.75, 3.05) is 44.6 Å². The first kappa shape index (κ1) is 15.8. The van der Waals surface area contributed by atoms with Gasteiger partial charge in [0.05, 0.1) is 18.8 Å². The Kier molecular flexibility index (Phi) is 6.02. The van der Waals surface area contributed by atoms with Crippen molar-refractivity contribution in [2.24, 2.45) is 5.92 Å². The molecule has 5 heteroatoms. The third kappa shape index (κ3) is 5.36. The van der Waals surface area contributed by atoms with E-state index in [9.17, 15) is 4.79 Å². The number of para-hydroxylation sites is 2. The van der Waals surface area contributed by atoms with E-state index in [4.69, 9.17) is 4.74 Å². The molecule has 1 aromatic rings. The lowest BCUT2D eigenvalue weighted by Crippen LogP contribution is -2.46. The van der Waals surface area contributed by atoms with Crippen LogP contribution in [0.3, 0.4) is 0 Å². The molecule has 2 N–H and O–H groups in total. The maximum absolute atomic E-state index is 12.1. The van der Waals surface area contributed by atoms with Crippen LogP contribution in [0.2, 0.25) is 0 Å². The molecule has 21 heavy (non-hydrogen) atoms. The number of nitrogens with one attached hydrogen (secondary N) is 2. The fraction of sp³-hybridized carbons (Fsp3) is 0.562. The number of anilines is 1. The minimum Gasteiger partial charge on any atom is -0.491 e. The van der Waals surface area contributed by atoms with Crippen molar-refractivity contribution < 1.29 is 9.53 Å². The zero-order valence-corrected chi connectivity index (χ0v) is 12.9. The van der Waals surface area contributed by atoms with Crippen molar-refractivity contribution in [2.45, 2.75) is 13.8 Å². The van der Waals surface area contributed by atoms with Gasteiger partial charge in [-0.25, -0.2) is 0 Å². The number of hydrogen-bond acceptors (Lipinski definition) is 4. The summed E-state index contributed by atoms with van der Waals surface area (Å²) in [6, 6.07) is 7.60. The Hall–Kier alpha value is -1.59. The third-order valence-corrected chi connectivity index (χ3v) is 3.31. The average Bonchev–Trinajstić information content (AvgIpc) is 2.47. The maximum atomic E-state index is 12.1. The van der Waals surface area contributed by atoms with E-state index >= 15 is 0 Å². The summed E-state index contributed by atoms with van der Waals surface area (Å²) in [6.07, 6.45) is 0. The van der Waals surface area contributed by atoms with Crippen LogP contribution < -0.4 is 15.4 Å². The molecule has 0 aliphatic carbocycles. The Morgan fingerprint density at radius 3 is 2.76 bits per heavy atom. The van der Waals surface area contributed by atoms with E-state index in [2.05, 4.69) is 29.4 Å². The number of hydrogen-bond donors (Lipinski definition) is 2. The van der Waals surface area contributed by atoms with Crippen LogP contribution in [0.25, 0.3) is 0 Å². The van der Waals surface area contributed by atoms with E-state index in [1.165, 1.54) is 0 Å². The molecule has 0 unspecified atom stereocenters. The van der Waals surface area contributed by atoms with Crippen LogP contribution in [0.15, 0.2) is 24.3 Å². The first-order valence-electron chi connectivity index (χ1n) is 7.60. The molecule has 2 rings (SSSR count). The van der Waals surface area contributed by atoms with Crippen LogP contribution in [0, 0.1) is 5.92 Å². The molecule has 1 fully saturated rings. The number of ether oxygens (including phenoxy) is 1. The summed E-state index contributed by atoms with van der Waals surface area (Å²) >= 11 is 0. The summed E-state index contributed by atoms with van der Waals surface area (Å²) in [5.41, 5.74) is 0.748. The highest BCUT2D eigenvalue weighted by Gasteiger charge is 2.14. The lowest BCUT2D eigenvalue weighted by Gasteiger charge is -2.26. The number of carbonyl (C=O) groups is 1. The van der Waals surface area contributed by atoms with Crippen LogP contribution in [-0.2, 0) is 4.79 Å². The fourth-order valence-corrected chi connectivity index (χ4v) is 2.21. The molecule has 1 heterocycles. The summed E-state index contributed by atoms with van der Waals surface area (Å²) in [4.78, 5) is 14.3. The number of piperazine rings is 1. The minimum absolute atomic E-state index is 0.0116. The summed E-state index contributed by atoms with van der Waals surface area (Å²) < 4.78 is 5.75. The van der Waals surface area contributed by atoms with Gasteiger partial charge in [-0.2, -0.15) is 0 Å². The zero-order chi connectivity index (χ0) is 15.1. The Balaban J connectivity index is 1.90. The number of amides is 1. The van der Waals surface area contributed by atoms with Gasteiger partial charge in [0.15, 0.2) is 0 Å². The predicted octanol–water partition coefficient (Wildman–Crippen LogP) is 1.57. The molecule has 0 aromatic heterocycles. The monoisotopic (exact) mass is 291 g/mol. The van der Waals surface area contributed by atoms with E-state index in [0.717, 1.165) is 37.6 Å². The van der Waals surface area contributed by atoms with Crippen LogP contribution in [0.5, 0.6) is 5.75 Å². The second-order valence-corrected chi connectivity index (χ2v) is 5.78. The molecule has 116 valence electrons. The summed E-state index contributed by atoms with van der Waals surface area (Å²) in [5.74, 6) is 1.20. The smallest absolute Gasteiger partial charge is 0.238 e. The van der Waals surface area contributed by atoms with Crippen molar-refractivity contribution in [3.63, 3.8) is 0 Å². The van der Waals surface area contributed by atoms with E-state index in [1.807, 2.05) is 24.3 Å². The highest BCUT2D eigenvalue weighted by molar-refractivity contribution is 5.93. The van der Waals surface area contributed by atoms with Crippen molar-refractivity contribution in [1.29, 1.82) is 0 Å². The van der Waals surface area contributed by atoms with Crippen LogP contribution in [-0.4, -0.2) is 50.1 Å². The lowest BCUT2D eigenvalue weighted by molar-refractivity contribution is -0.117. The number of rotatable bonds is 6. The van der Waals surface area contributed by atoms with Crippen molar-refractivity contribution in [1.82, 2.24) is 10.2 Å². The molecular formula is C16H25N3O2. The number of benzene rings is 1. The fourth-order valence-electron chi connectivity index (χ4n) is 2.21. The van der Waals surface area contributed by atoms with Gasteiger partial charge in [-0.15, -0.1) is 0 Å². The first-order chi connectivity index (χ1) is 10.1. The summed E-state index contributed by atoms with van der Waals surface area (Å²) in [6.45, 7) is 9.00. The summed E-state index contributed by atoms with van der Waals surface area (Å²) in [7, 11) is 0. The zero-order valence-electron chi connectivity index (χ0n) is 12.9. The molecule has 1 saturated heterocycles. The van der Waals surface area contributed by atoms with Gasteiger partial charge in [-0.1, -0.05) is 26.0 Å². The van der Waals surface area contributed by atoms with Gasteiger partial charge >= 0.3 is 0 Å². The largest absolute Gasteiger partial charge is 0.491 e. The van der Waals surface area contributed by atoms with Gasteiger partial charge in [0.2, 0.25) is 5.91 Å². The van der Waals surface area contributed by atoms with Crippen LogP contribution in [0.4, 0.5) is 5.69 Å². The van der Waals surface area contributed by atoms with Gasteiger partial charge in [0.1, 0.15) is 5.75 Å². The Morgan fingerprint density at radius 2 is 2.05 bits per heavy atom. The predicted molar refractivity (Wildman–Crippen MR) is 84.7 cm³/mol. The second kappa shape index (κ2) is 8.00. The average molecular weight is 291 g/mol. The van der Waals surface area contributed by atoms with Crippen LogP contribution in [0.1, 0.15) is 13.8 Å². The molecule has 1 aromatic carbocycles. The van der Waals surface area contributed by atoms with Gasteiger partial charge in [0, 0.05) is 26.2 Å². The van der Waals surface area contributed by atoms with E-state index in [-0.39, 0.29) is 5.91 Å². The van der Waals surface area contributed by atoms with Crippen molar-refractivity contribution in [3.8, 4) is 5.75 Å². The topological polar surface area (TPSA) is 53.6 Å². The molecule has 0 atom stereocenters. The van der Waals surface area contributed by atoms with Gasteiger partial charge in [-0.3, -0.25) is 9.69 Å². The Bertz CT molecular complexity index is 457. The number of nitrogens with zero attached hydrogens (tertiary/aromatic N) is 1. The lowest BCUT2D eigenvalue weighted by atomic mass is 10.2. The molecule has 1 aliphatic heterocycles. The first-order valence-corrected chi connectivity index (χ1v) is 7.60. The normalized spacial score (nSPS) is 16.0. The molecule has 0 saturated carbocycles. The highest BCUT2D eigenvalue weighted by atomic mass is 16.5. The SMILES string of the molecule is CC(C)COc1ccccc1NC(=O)CN1CCNCC1. The molecular weight excluding hydrogens is 266 g/mol. The maximum Gasteiger partial charge on any atom is 0.238 e. The van der Waals surface area contributed by atoms with Crippen molar-refractivity contribution in [3.05, 3.63) is 24.3 Å². The molecule has 1 amide bonds. The standard InChI is InChI=1S/C16H25N3O2/c1-13(2)12-21-15-6-4-3-5-14(15)18-16(20)11-19-9-7-17-8-10-19/h3-6,13,17H,7-12H2,1-2H3,(H,18,20). The van der Waals surface area contributed by atoms with Crippen LogP contribution >= 0.6 is 0 Å². The van der Waals surface area contributed by atoms with Crippen molar-refractivity contribution >= 4 is 11.6 Å². The second-order valence-electron chi connectivity index (χ2n) is 5.78. The molecule has 5 nitrogen and oxygen atoms in total. The highest BCUT2D eigenvalue weighted by Crippen LogP contribution is 2.24. The Morgan fingerprint density at radius 1 is 1.33 bits per heavy atom. The molecule has 1 aliphatic rings. The van der Waals surface area contributed by atoms with E-state index < -0.39 is 0 Å². The van der Waals surface area contributed by atoms with E-state index in [1.54, 1.807) is 0 Å². The third-order valence-electron chi connectivity index (χ3n) is 3.31. The summed E-state index contributed by atoms with van der Waals surface area (Å²) in [5, 5.41) is 6.24. The quantitative estimate of drug-likeness (QED) is 0.835. The molecule has 0 spiro atoms. The van der Waals surface area contributed by atoms with Gasteiger partial charge in [0.25, 0.3) is 0 Å².